The number of carbonyl (C=O) groups excluding carboxylic acids is 1. The summed E-state index contributed by atoms with van der Waals surface area (Å²) in [7, 11) is 0. The number of hydrogen-bond donors (Lipinski definition) is 1. The smallest absolute Gasteiger partial charge is 0.335 e. The molecule has 1 heterocycles. The SMILES string of the molecule is CC(C)CC1COCCN1C(=O)Cc1ccccc1C(=O)O. The Labute approximate surface area is 130 Å². The molecule has 0 bridgehead atoms. The molecule has 1 aromatic rings. The number of carbonyl (C=O) groups is 2. The van der Waals surface area contributed by atoms with Gasteiger partial charge in [-0.2, -0.15) is 0 Å². The first-order valence-electron chi connectivity index (χ1n) is 7.67. The Morgan fingerprint density at radius 3 is 2.77 bits per heavy atom. The third kappa shape index (κ3) is 4.07. The Morgan fingerprint density at radius 2 is 2.09 bits per heavy atom. The largest absolute Gasteiger partial charge is 0.478 e. The quantitative estimate of drug-likeness (QED) is 0.905. The van der Waals surface area contributed by atoms with Crippen LogP contribution in [0.25, 0.3) is 0 Å². The summed E-state index contributed by atoms with van der Waals surface area (Å²) in [6.07, 6.45) is 1.02. The maximum atomic E-state index is 12.6. The lowest BCUT2D eigenvalue weighted by molar-refractivity contribution is -0.139. The molecule has 1 N–H and O–H groups in total. The van der Waals surface area contributed by atoms with Crippen molar-refractivity contribution in [2.45, 2.75) is 32.7 Å². The van der Waals surface area contributed by atoms with Crippen LogP contribution in [0.2, 0.25) is 0 Å². The van der Waals surface area contributed by atoms with E-state index in [4.69, 9.17) is 4.74 Å². The fourth-order valence-electron chi connectivity index (χ4n) is 2.87. The molecule has 1 fully saturated rings. The van der Waals surface area contributed by atoms with Gasteiger partial charge >= 0.3 is 5.97 Å². The maximum absolute atomic E-state index is 12.6. The molecule has 5 nitrogen and oxygen atoms in total. The van der Waals surface area contributed by atoms with Gasteiger partial charge in [0, 0.05) is 6.54 Å². The van der Waals surface area contributed by atoms with E-state index in [1.807, 2.05) is 4.90 Å². The first kappa shape index (κ1) is 16.5. The van der Waals surface area contributed by atoms with Crippen LogP contribution in [0.15, 0.2) is 24.3 Å². The third-order valence-electron chi connectivity index (χ3n) is 3.88. The Morgan fingerprint density at radius 1 is 1.36 bits per heavy atom. The highest BCUT2D eigenvalue weighted by molar-refractivity contribution is 5.91. The number of carboxylic acid groups (broad SMARTS) is 1. The summed E-state index contributed by atoms with van der Waals surface area (Å²) in [5, 5.41) is 9.21. The van der Waals surface area contributed by atoms with Gasteiger partial charge in [0.05, 0.1) is 31.2 Å². The molecule has 1 amide bonds. The van der Waals surface area contributed by atoms with Crippen LogP contribution in [0.5, 0.6) is 0 Å². The summed E-state index contributed by atoms with van der Waals surface area (Å²) >= 11 is 0. The van der Waals surface area contributed by atoms with Crippen LogP contribution in [0.4, 0.5) is 0 Å². The molecule has 0 spiro atoms. The van der Waals surface area contributed by atoms with Crippen molar-refractivity contribution in [2.24, 2.45) is 5.92 Å². The van der Waals surface area contributed by atoms with E-state index in [-0.39, 0.29) is 23.9 Å². The van der Waals surface area contributed by atoms with Crippen molar-refractivity contribution in [3.8, 4) is 0 Å². The molecule has 0 radical (unpaired) electrons. The minimum atomic E-state index is -0.996. The molecule has 22 heavy (non-hydrogen) atoms. The number of morpholine rings is 1. The number of aromatic carboxylic acids is 1. The highest BCUT2D eigenvalue weighted by atomic mass is 16.5. The summed E-state index contributed by atoms with van der Waals surface area (Å²) in [4.78, 5) is 25.7. The summed E-state index contributed by atoms with van der Waals surface area (Å²) in [6.45, 7) is 5.92. The molecule has 1 unspecified atom stereocenters. The van der Waals surface area contributed by atoms with E-state index < -0.39 is 5.97 Å². The molecule has 0 aliphatic carbocycles. The first-order valence-corrected chi connectivity index (χ1v) is 7.67. The van der Waals surface area contributed by atoms with Crippen molar-refractivity contribution < 1.29 is 19.4 Å². The van der Waals surface area contributed by atoms with Crippen molar-refractivity contribution in [3.05, 3.63) is 35.4 Å². The molecule has 0 saturated carbocycles. The lowest BCUT2D eigenvalue weighted by Gasteiger charge is -2.36. The Bertz CT molecular complexity index is 541. The summed E-state index contributed by atoms with van der Waals surface area (Å²) in [5.41, 5.74) is 0.763. The Hall–Kier alpha value is -1.88. The predicted octanol–water partition coefficient (Wildman–Crippen LogP) is 2.20. The number of carboxylic acids is 1. The number of rotatable bonds is 5. The molecular formula is C17H23NO4. The van der Waals surface area contributed by atoms with E-state index in [1.54, 1.807) is 18.2 Å². The zero-order valence-electron chi connectivity index (χ0n) is 13.1. The van der Waals surface area contributed by atoms with Gasteiger partial charge in [-0.25, -0.2) is 4.79 Å². The van der Waals surface area contributed by atoms with Crippen LogP contribution in [0.3, 0.4) is 0 Å². The number of hydrogen-bond acceptors (Lipinski definition) is 3. The first-order chi connectivity index (χ1) is 10.5. The lowest BCUT2D eigenvalue weighted by Crippen LogP contribution is -2.49. The van der Waals surface area contributed by atoms with Crippen molar-refractivity contribution in [3.63, 3.8) is 0 Å². The molecule has 5 heteroatoms. The molecule has 120 valence electrons. The zero-order valence-corrected chi connectivity index (χ0v) is 13.1. The predicted molar refractivity (Wildman–Crippen MR) is 82.9 cm³/mol. The number of amides is 1. The van der Waals surface area contributed by atoms with Gasteiger partial charge in [0.25, 0.3) is 0 Å². The van der Waals surface area contributed by atoms with E-state index in [9.17, 15) is 14.7 Å². The molecule has 1 saturated heterocycles. The Kier molecular flexibility index (Phi) is 5.55. The fraction of sp³-hybridized carbons (Fsp3) is 0.529. The number of benzene rings is 1. The molecule has 1 aromatic carbocycles. The van der Waals surface area contributed by atoms with Crippen LogP contribution < -0.4 is 0 Å². The Balaban J connectivity index is 2.12. The van der Waals surface area contributed by atoms with Crippen molar-refractivity contribution >= 4 is 11.9 Å². The second-order valence-corrected chi connectivity index (χ2v) is 6.08. The van der Waals surface area contributed by atoms with Gasteiger partial charge in [0.2, 0.25) is 5.91 Å². The second kappa shape index (κ2) is 7.40. The van der Waals surface area contributed by atoms with Crippen LogP contribution in [0, 0.1) is 5.92 Å². The normalized spacial score (nSPS) is 18.5. The standard InChI is InChI=1S/C17H23NO4/c1-12(2)9-14-11-22-8-7-18(14)16(19)10-13-5-3-4-6-15(13)17(20)21/h3-6,12,14H,7-11H2,1-2H3,(H,20,21). The average Bonchev–Trinajstić information content (AvgIpc) is 2.47. The zero-order chi connectivity index (χ0) is 16.1. The molecule has 2 rings (SSSR count). The van der Waals surface area contributed by atoms with Crippen molar-refractivity contribution in [2.75, 3.05) is 19.8 Å². The molecule has 1 atom stereocenters. The van der Waals surface area contributed by atoms with Gasteiger partial charge in [-0.3, -0.25) is 4.79 Å². The van der Waals surface area contributed by atoms with E-state index in [0.717, 1.165) is 6.42 Å². The van der Waals surface area contributed by atoms with E-state index in [1.165, 1.54) is 6.07 Å². The van der Waals surface area contributed by atoms with Crippen molar-refractivity contribution in [1.29, 1.82) is 0 Å². The van der Waals surface area contributed by atoms with Gasteiger partial charge in [-0.15, -0.1) is 0 Å². The van der Waals surface area contributed by atoms with Crippen LogP contribution in [0.1, 0.15) is 36.2 Å². The van der Waals surface area contributed by atoms with E-state index in [2.05, 4.69) is 13.8 Å². The average molecular weight is 305 g/mol. The molecular weight excluding hydrogens is 282 g/mol. The van der Waals surface area contributed by atoms with Gasteiger partial charge < -0.3 is 14.7 Å². The van der Waals surface area contributed by atoms with Crippen LogP contribution in [-0.2, 0) is 16.0 Å². The summed E-state index contributed by atoms with van der Waals surface area (Å²) in [6, 6.07) is 6.77. The second-order valence-electron chi connectivity index (χ2n) is 6.08. The summed E-state index contributed by atoms with van der Waals surface area (Å²) in [5.74, 6) is -0.542. The van der Waals surface area contributed by atoms with Gasteiger partial charge in [0.15, 0.2) is 0 Å². The number of nitrogens with zero attached hydrogens (tertiary/aromatic N) is 1. The van der Waals surface area contributed by atoms with E-state index in [0.29, 0.717) is 31.2 Å². The summed E-state index contributed by atoms with van der Waals surface area (Å²) < 4.78 is 5.49. The molecule has 1 aliphatic heterocycles. The minimum Gasteiger partial charge on any atom is -0.478 e. The van der Waals surface area contributed by atoms with Gasteiger partial charge in [-0.1, -0.05) is 32.0 Å². The fourth-order valence-corrected chi connectivity index (χ4v) is 2.87. The lowest BCUT2D eigenvalue weighted by atomic mass is 10.00. The van der Waals surface area contributed by atoms with Gasteiger partial charge in [0.1, 0.15) is 0 Å². The van der Waals surface area contributed by atoms with Crippen LogP contribution >= 0.6 is 0 Å². The van der Waals surface area contributed by atoms with Crippen LogP contribution in [-0.4, -0.2) is 47.7 Å². The third-order valence-corrected chi connectivity index (χ3v) is 3.88. The molecule has 0 aromatic heterocycles. The maximum Gasteiger partial charge on any atom is 0.335 e. The highest BCUT2D eigenvalue weighted by Crippen LogP contribution is 2.18. The topological polar surface area (TPSA) is 66.8 Å². The highest BCUT2D eigenvalue weighted by Gasteiger charge is 2.28. The monoisotopic (exact) mass is 305 g/mol. The minimum absolute atomic E-state index is 0.0253. The number of ether oxygens (including phenoxy) is 1. The molecule has 1 aliphatic rings. The van der Waals surface area contributed by atoms with E-state index >= 15 is 0 Å². The van der Waals surface area contributed by atoms with Gasteiger partial charge in [-0.05, 0) is 24.0 Å². The van der Waals surface area contributed by atoms with Crippen molar-refractivity contribution in [1.82, 2.24) is 4.90 Å².